The smallest absolute Gasteiger partial charge is 0.261 e. The number of hydrogen-bond acceptors (Lipinski definition) is 5. The molecule has 0 saturated carbocycles. The van der Waals surface area contributed by atoms with Crippen LogP contribution in [0.2, 0.25) is 10.2 Å². The normalized spacial score (nSPS) is 11.5. The molecular weight excluding hydrogens is 385 g/mol. The summed E-state index contributed by atoms with van der Waals surface area (Å²) in [7, 11) is -3.74. The molecule has 0 fully saturated rings. The van der Waals surface area contributed by atoms with Crippen molar-refractivity contribution < 1.29 is 8.42 Å². The fourth-order valence-electron chi connectivity index (χ4n) is 1.04. The average Bonchev–Trinajstić information content (AvgIpc) is 2.59. The van der Waals surface area contributed by atoms with Gasteiger partial charge in [-0.3, -0.25) is 9.71 Å². The molecule has 0 aromatic carbocycles. The van der Waals surface area contributed by atoms with Gasteiger partial charge in [0.1, 0.15) is 9.36 Å². The molecule has 0 spiro atoms. The molecule has 5 nitrogen and oxygen atoms in total. The number of hydrogen-bond donors (Lipinski definition) is 1. The molecule has 96 valence electrons. The Hall–Kier alpha value is -0.410. The van der Waals surface area contributed by atoms with Gasteiger partial charge >= 0.3 is 0 Å². The molecule has 2 aromatic rings. The van der Waals surface area contributed by atoms with Gasteiger partial charge in [0.25, 0.3) is 10.0 Å². The van der Waals surface area contributed by atoms with Crippen molar-refractivity contribution in [2.24, 2.45) is 0 Å². The highest BCUT2D eigenvalue weighted by Crippen LogP contribution is 2.35. The minimum atomic E-state index is -3.74. The molecule has 0 radical (unpaired) electrons. The number of aromatic nitrogens is 2. The molecular formula is C8H4BrCl2N3O2S2. The highest BCUT2D eigenvalue weighted by atomic mass is 79.9. The van der Waals surface area contributed by atoms with E-state index in [4.69, 9.17) is 23.2 Å². The average molecular weight is 389 g/mol. The number of thiophene rings is 1. The monoisotopic (exact) mass is 387 g/mol. The Labute approximate surface area is 125 Å². The van der Waals surface area contributed by atoms with Crippen molar-refractivity contribution in [3.05, 3.63) is 32.4 Å². The van der Waals surface area contributed by atoms with Crippen molar-refractivity contribution in [2.45, 2.75) is 4.21 Å². The van der Waals surface area contributed by atoms with Gasteiger partial charge in [-0.2, -0.15) is 0 Å². The van der Waals surface area contributed by atoms with Gasteiger partial charge in [-0.15, -0.1) is 11.3 Å². The van der Waals surface area contributed by atoms with Crippen molar-refractivity contribution in [2.75, 3.05) is 4.72 Å². The number of anilines is 1. The lowest BCUT2D eigenvalue weighted by molar-refractivity contribution is 0.603. The largest absolute Gasteiger partial charge is 0.272 e. The van der Waals surface area contributed by atoms with Gasteiger partial charge in [0.05, 0.1) is 21.2 Å². The summed E-state index contributed by atoms with van der Waals surface area (Å²) >= 11 is 15.5. The van der Waals surface area contributed by atoms with Crippen molar-refractivity contribution in [3.63, 3.8) is 0 Å². The minimum absolute atomic E-state index is 0.0446. The third kappa shape index (κ3) is 3.12. The first-order valence-electron chi connectivity index (χ1n) is 4.34. The first kappa shape index (κ1) is 14.0. The number of rotatable bonds is 3. The lowest BCUT2D eigenvalue weighted by atomic mass is 10.7. The molecule has 2 heterocycles. The summed E-state index contributed by atoms with van der Waals surface area (Å²) in [6.07, 6.45) is 2.56. The van der Waals surface area contributed by atoms with E-state index in [2.05, 4.69) is 30.6 Å². The molecule has 0 aliphatic heterocycles. The zero-order valence-electron chi connectivity index (χ0n) is 8.39. The molecule has 0 atom stereocenters. The Balaban J connectivity index is 2.33. The van der Waals surface area contributed by atoms with Crippen LogP contribution in [-0.4, -0.2) is 18.4 Å². The third-order valence-electron chi connectivity index (χ3n) is 1.73. The highest BCUT2D eigenvalue weighted by Gasteiger charge is 2.19. The maximum Gasteiger partial charge on any atom is 0.272 e. The molecule has 0 aliphatic carbocycles. The highest BCUT2D eigenvalue weighted by molar-refractivity contribution is 9.11. The molecule has 0 aliphatic rings. The first-order valence-corrected chi connectivity index (χ1v) is 8.18. The van der Waals surface area contributed by atoms with Crippen LogP contribution in [0.5, 0.6) is 0 Å². The topological polar surface area (TPSA) is 72.0 Å². The summed E-state index contributed by atoms with van der Waals surface area (Å²) < 4.78 is 26.8. The Morgan fingerprint density at radius 1 is 1.33 bits per heavy atom. The van der Waals surface area contributed by atoms with Crippen LogP contribution < -0.4 is 4.72 Å². The molecule has 0 amide bonds. The predicted octanol–water partition coefficient (Wildman–Crippen LogP) is 3.41. The van der Waals surface area contributed by atoms with Gasteiger partial charge in [0.15, 0.2) is 5.82 Å². The molecule has 1 N–H and O–H groups in total. The van der Waals surface area contributed by atoms with Crippen LogP contribution in [0.4, 0.5) is 5.82 Å². The summed E-state index contributed by atoms with van der Waals surface area (Å²) in [6.45, 7) is 0. The van der Waals surface area contributed by atoms with Crippen LogP contribution in [0.3, 0.4) is 0 Å². The van der Waals surface area contributed by atoms with E-state index >= 15 is 0 Å². The Kier molecular flexibility index (Phi) is 4.12. The molecule has 18 heavy (non-hydrogen) atoms. The van der Waals surface area contributed by atoms with Crippen LogP contribution >= 0.6 is 50.5 Å². The summed E-state index contributed by atoms with van der Waals surface area (Å²) in [6, 6.07) is 1.34. The van der Waals surface area contributed by atoms with E-state index in [0.717, 1.165) is 11.3 Å². The zero-order chi connectivity index (χ0) is 13.3. The quantitative estimate of drug-likeness (QED) is 0.874. The second-order valence-electron chi connectivity index (χ2n) is 3.02. The Morgan fingerprint density at radius 2 is 2.06 bits per heavy atom. The van der Waals surface area contributed by atoms with Crippen LogP contribution in [-0.2, 0) is 10.0 Å². The molecule has 0 unspecified atom stereocenters. The maximum absolute atomic E-state index is 12.0. The fourth-order valence-corrected chi connectivity index (χ4v) is 4.57. The SMILES string of the molecule is O=S(=O)(Nc1cncc(Cl)n1)c1cc(Cl)c(Br)s1. The van der Waals surface area contributed by atoms with Gasteiger partial charge < -0.3 is 0 Å². The second kappa shape index (κ2) is 5.30. The number of nitrogens with one attached hydrogen (secondary N) is 1. The molecule has 0 bridgehead atoms. The number of sulfonamides is 1. The molecule has 2 rings (SSSR count). The van der Waals surface area contributed by atoms with E-state index in [0.29, 0.717) is 8.81 Å². The lowest BCUT2D eigenvalue weighted by Gasteiger charge is -2.04. The standard InChI is InChI=1S/C8H4BrCl2N3O2S2/c9-8-4(10)1-7(17-8)18(15,16)14-6-3-12-2-5(11)13-6/h1-3H,(H,13,14). The van der Waals surface area contributed by atoms with E-state index in [1.54, 1.807) is 0 Å². The summed E-state index contributed by atoms with van der Waals surface area (Å²) in [5.74, 6) is 0.0446. The number of halogens is 3. The van der Waals surface area contributed by atoms with E-state index < -0.39 is 10.0 Å². The first-order chi connectivity index (χ1) is 8.38. The van der Waals surface area contributed by atoms with E-state index in [1.807, 2.05) is 0 Å². The van der Waals surface area contributed by atoms with Crippen molar-refractivity contribution in [1.82, 2.24) is 9.97 Å². The number of nitrogens with zero attached hydrogens (tertiary/aromatic N) is 2. The Morgan fingerprint density at radius 3 is 2.61 bits per heavy atom. The van der Waals surface area contributed by atoms with Gasteiger partial charge in [-0.25, -0.2) is 13.4 Å². The molecule has 2 aromatic heterocycles. The third-order valence-corrected chi connectivity index (χ3v) is 6.22. The van der Waals surface area contributed by atoms with Crippen molar-refractivity contribution in [3.8, 4) is 0 Å². The van der Waals surface area contributed by atoms with Crippen LogP contribution in [0, 0.1) is 0 Å². The van der Waals surface area contributed by atoms with E-state index in [9.17, 15) is 8.42 Å². The maximum atomic E-state index is 12.0. The van der Waals surface area contributed by atoms with Gasteiger partial charge in [-0.1, -0.05) is 23.2 Å². The van der Waals surface area contributed by atoms with Gasteiger partial charge in [-0.05, 0) is 22.0 Å². The lowest BCUT2D eigenvalue weighted by Crippen LogP contribution is -2.12. The molecule has 0 saturated heterocycles. The van der Waals surface area contributed by atoms with Crippen LogP contribution in [0.15, 0.2) is 26.5 Å². The van der Waals surface area contributed by atoms with Crippen LogP contribution in [0.25, 0.3) is 0 Å². The van der Waals surface area contributed by atoms with E-state index in [-0.39, 0.29) is 15.2 Å². The predicted molar refractivity (Wildman–Crippen MR) is 74.9 cm³/mol. The van der Waals surface area contributed by atoms with Crippen LogP contribution in [0.1, 0.15) is 0 Å². The van der Waals surface area contributed by atoms with Gasteiger partial charge in [0.2, 0.25) is 0 Å². The van der Waals surface area contributed by atoms with Gasteiger partial charge in [0, 0.05) is 0 Å². The van der Waals surface area contributed by atoms with E-state index in [1.165, 1.54) is 18.5 Å². The van der Waals surface area contributed by atoms with Crippen molar-refractivity contribution in [1.29, 1.82) is 0 Å². The summed E-state index contributed by atoms with van der Waals surface area (Å²) in [5, 5.41) is 0.429. The molecule has 10 heteroatoms. The fraction of sp³-hybridized carbons (Fsp3) is 0. The summed E-state index contributed by atoms with van der Waals surface area (Å²) in [5.41, 5.74) is 0. The second-order valence-corrected chi connectivity index (χ2v) is 8.09. The van der Waals surface area contributed by atoms with Crippen molar-refractivity contribution >= 4 is 66.3 Å². The Bertz CT molecular complexity index is 670. The minimum Gasteiger partial charge on any atom is -0.261 e. The summed E-state index contributed by atoms with van der Waals surface area (Å²) in [4.78, 5) is 7.52. The zero-order valence-corrected chi connectivity index (χ0v) is 13.1.